The minimum Gasteiger partial charge on any atom is -0.506 e. The molecule has 168 valence electrons. The number of nitrogens with zero attached hydrogens (tertiary/aromatic N) is 1. The fourth-order valence-electron chi connectivity index (χ4n) is 3.47. The van der Waals surface area contributed by atoms with Gasteiger partial charge in [0.1, 0.15) is 5.75 Å². The Labute approximate surface area is 181 Å². The summed E-state index contributed by atoms with van der Waals surface area (Å²) >= 11 is 0. The summed E-state index contributed by atoms with van der Waals surface area (Å²) in [7, 11) is 0.766. The summed E-state index contributed by atoms with van der Waals surface area (Å²) in [6.45, 7) is 0.929. The second kappa shape index (κ2) is 9.44. The van der Waals surface area contributed by atoms with Gasteiger partial charge in [-0.3, -0.25) is 4.79 Å². The molecular weight excluding hydrogens is 424 g/mol. The van der Waals surface area contributed by atoms with Gasteiger partial charge in [0.25, 0.3) is 0 Å². The number of phenols is 1. The third-order valence-corrected chi connectivity index (χ3v) is 6.93. The van der Waals surface area contributed by atoms with Crippen LogP contribution in [-0.2, 0) is 21.2 Å². The van der Waals surface area contributed by atoms with Crippen molar-refractivity contribution < 1.29 is 32.5 Å². The molecule has 0 atom stereocenters. The van der Waals surface area contributed by atoms with Crippen LogP contribution in [0.15, 0.2) is 35.2 Å². The first-order valence-electron chi connectivity index (χ1n) is 9.72. The molecule has 2 aromatic carbocycles. The molecule has 1 aliphatic rings. The average molecular weight is 451 g/mol. The van der Waals surface area contributed by atoms with Gasteiger partial charge in [0, 0.05) is 13.1 Å². The maximum atomic E-state index is 12.8. The molecule has 0 spiro atoms. The predicted molar refractivity (Wildman–Crippen MR) is 115 cm³/mol. The number of ether oxygens (including phenoxy) is 3. The van der Waals surface area contributed by atoms with Crippen LogP contribution < -0.4 is 19.5 Å². The van der Waals surface area contributed by atoms with E-state index in [0.717, 1.165) is 12.8 Å². The zero-order chi connectivity index (χ0) is 22.6. The van der Waals surface area contributed by atoms with Gasteiger partial charge in [0.15, 0.2) is 11.5 Å². The second-order valence-corrected chi connectivity index (χ2v) is 8.99. The quantitative estimate of drug-likeness (QED) is 0.594. The smallest absolute Gasteiger partial charge is 0.243 e. The van der Waals surface area contributed by atoms with E-state index < -0.39 is 15.9 Å². The van der Waals surface area contributed by atoms with Crippen molar-refractivity contribution in [2.24, 2.45) is 0 Å². The van der Waals surface area contributed by atoms with Gasteiger partial charge in [-0.2, -0.15) is 4.31 Å². The van der Waals surface area contributed by atoms with Crippen molar-refractivity contribution in [2.45, 2.75) is 24.2 Å². The van der Waals surface area contributed by atoms with Crippen LogP contribution in [0.5, 0.6) is 23.0 Å². The second-order valence-electron chi connectivity index (χ2n) is 7.05. The summed E-state index contributed by atoms with van der Waals surface area (Å²) in [5.74, 6) is 0.558. The molecule has 9 nitrogen and oxygen atoms in total. The Hall–Kier alpha value is -2.98. The number of carbonyl (C=O) groups excluding carboxylic acids is 1. The number of sulfonamides is 1. The normalized spacial score (nSPS) is 14.3. The van der Waals surface area contributed by atoms with Crippen molar-refractivity contribution in [3.05, 3.63) is 35.9 Å². The van der Waals surface area contributed by atoms with Gasteiger partial charge in [-0.15, -0.1) is 0 Å². The van der Waals surface area contributed by atoms with Gasteiger partial charge >= 0.3 is 0 Å². The van der Waals surface area contributed by atoms with E-state index in [1.165, 1.54) is 43.8 Å². The third kappa shape index (κ3) is 4.86. The molecule has 0 aromatic heterocycles. The van der Waals surface area contributed by atoms with Crippen LogP contribution >= 0.6 is 0 Å². The van der Waals surface area contributed by atoms with Gasteiger partial charge in [-0.1, -0.05) is 0 Å². The zero-order valence-corrected chi connectivity index (χ0v) is 18.5. The number of benzene rings is 2. The molecule has 0 bridgehead atoms. The van der Waals surface area contributed by atoms with E-state index in [4.69, 9.17) is 14.2 Å². The minimum atomic E-state index is -3.67. The van der Waals surface area contributed by atoms with Crippen molar-refractivity contribution in [1.82, 2.24) is 4.31 Å². The SMILES string of the molecule is COc1cc(CC(=O)Nc2cc(S(=O)(=O)N3CCCC3)ccc2O)cc(OC)c1OC. The number of phenolic OH excluding ortho intramolecular Hbond substituents is 1. The van der Waals surface area contributed by atoms with E-state index in [1.807, 2.05) is 0 Å². The first kappa shape index (κ1) is 22.7. The molecule has 1 fully saturated rings. The molecular formula is C21H26N2O7S. The standard InChI is InChI=1S/C21H26N2O7S/c1-28-18-10-14(11-19(29-2)21(18)30-3)12-20(25)22-16-13-15(6-7-17(16)24)31(26,27)23-8-4-5-9-23/h6-7,10-11,13,24H,4-5,8-9,12H2,1-3H3,(H,22,25). The molecule has 1 amide bonds. The lowest BCUT2D eigenvalue weighted by atomic mass is 10.1. The number of hydrogen-bond acceptors (Lipinski definition) is 7. The molecule has 0 radical (unpaired) electrons. The van der Waals surface area contributed by atoms with Crippen LogP contribution in [0.2, 0.25) is 0 Å². The Morgan fingerprint density at radius 2 is 1.65 bits per heavy atom. The van der Waals surface area contributed by atoms with E-state index in [9.17, 15) is 18.3 Å². The number of amides is 1. The zero-order valence-electron chi connectivity index (χ0n) is 17.7. The number of anilines is 1. The highest BCUT2D eigenvalue weighted by Gasteiger charge is 2.28. The summed E-state index contributed by atoms with van der Waals surface area (Å²) in [6.07, 6.45) is 1.57. The molecule has 1 aliphatic heterocycles. The molecule has 1 heterocycles. The topological polar surface area (TPSA) is 114 Å². The Balaban J connectivity index is 1.81. The molecule has 0 unspecified atom stereocenters. The lowest BCUT2D eigenvalue weighted by Gasteiger charge is -2.17. The summed E-state index contributed by atoms with van der Waals surface area (Å²) in [4.78, 5) is 12.6. The molecule has 10 heteroatoms. The third-order valence-electron chi connectivity index (χ3n) is 5.03. The van der Waals surface area contributed by atoms with Gasteiger partial charge in [-0.25, -0.2) is 8.42 Å². The van der Waals surface area contributed by atoms with Crippen LogP contribution in [0.4, 0.5) is 5.69 Å². The fraction of sp³-hybridized carbons (Fsp3) is 0.381. The van der Waals surface area contributed by atoms with Crippen LogP contribution in [0.1, 0.15) is 18.4 Å². The molecule has 0 aliphatic carbocycles. The van der Waals surface area contributed by atoms with Crippen LogP contribution in [0.3, 0.4) is 0 Å². The summed E-state index contributed by atoms with van der Waals surface area (Å²) in [6, 6.07) is 7.16. The van der Waals surface area contributed by atoms with Gasteiger partial charge in [0.2, 0.25) is 21.7 Å². The number of methoxy groups -OCH3 is 3. The molecule has 3 rings (SSSR count). The van der Waals surface area contributed by atoms with Crippen LogP contribution in [0, 0.1) is 0 Å². The number of rotatable bonds is 8. The number of hydrogen-bond donors (Lipinski definition) is 2. The summed E-state index contributed by atoms with van der Waals surface area (Å²) in [5, 5.41) is 12.7. The average Bonchev–Trinajstić information content (AvgIpc) is 3.30. The van der Waals surface area contributed by atoms with Gasteiger partial charge in [-0.05, 0) is 48.7 Å². The highest BCUT2D eigenvalue weighted by molar-refractivity contribution is 7.89. The van der Waals surface area contributed by atoms with Crippen molar-refractivity contribution in [3.8, 4) is 23.0 Å². The molecule has 31 heavy (non-hydrogen) atoms. The van der Waals surface area contributed by atoms with Gasteiger partial charge in [0.05, 0.1) is 38.3 Å². The fourth-order valence-corrected chi connectivity index (χ4v) is 5.01. The number of aromatic hydroxyl groups is 1. The predicted octanol–water partition coefficient (Wildman–Crippen LogP) is 2.38. The van der Waals surface area contributed by atoms with Crippen molar-refractivity contribution in [1.29, 1.82) is 0 Å². The van der Waals surface area contributed by atoms with E-state index >= 15 is 0 Å². The van der Waals surface area contributed by atoms with E-state index in [0.29, 0.717) is 35.9 Å². The molecule has 1 saturated heterocycles. The molecule has 2 N–H and O–H groups in total. The molecule has 2 aromatic rings. The van der Waals surface area contributed by atoms with E-state index in [2.05, 4.69) is 5.32 Å². The van der Waals surface area contributed by atoms with Crippen molar-refractivity contribution in [2.75, 3.05) is 39.7 Å². The number of nitrogens with one attached hydrogen (secondary N) is 1. The van der Waals surface area contributed by atoms with Crippen LogP contribution in [0.25, 0.3) is 0 Å². The van der Waals surface area contributed by atoms with E-state index in [1.54, 1.807) is 12.1 Å². The minimum absolute atomic E-state index is 0.0234. The lowest BCUT2D eigenvalue weighted by molar-refractivity contribution is -0.115. The maximum Gasteiger partial charge on any atom is 0.243 e. The first-order valence-corrected chi connectivity index (χ1v) is 11.2. The Morgan fingerprint density at radius 1 is 1.03 bits per heavy atom. The highest BCUT2D eigenvalue weighted by Crippen LogP contribution is 2.38. The maximum absolute atomic E-state index is 12.8. The van der Waals surface area contributed by atoms with Crippen LogP contribution in [-0.4, -0.2) is 58.2 Å². The van der Waals surface area contributed by atoms with Crippen molar-refractivity contribution >= 4 is 21.6 Å². The Kier molecular flexibility index (Phi) is 6.91. The Bertz CT molecular complexity index is 1040. The number of carbonyl (C=O) groups is 1. The highest BCUT2D eigenvalue weighted by atomic mass is 32.2. The van der Waals surface area contributed by atoms with Gasteiger partial charge < -0.3 is 24.6 Å². The first-order chi connectivity index (χ1) is 14.8. The summed E-state index contributed by atoms with van der Waals surface area (Å²) in [5.41, 5.74) is 0.616. The summed E-state index contributed by atoms with van der Waals surface area (Å²) < 4.78 is 42.8. The molecule has 0 saturated carbocycles. The Morgan fingerprint density at radius 3 is 2.19 bits per heavy atom. The van der Waals surface area contributed by atoms with Crippen molar-refractivity contribution in [3.63, 3.8) is 0 Å². The monoisotopic (exact) mass is 450 g/mol. The lowest BCUT2D eigenvalue weighted by Crippen LogP contribution is -2.28. The largest absolute Gasteiger partial charge is 0.506 e. The van der Waals surface area contributed by atoms with E-state index in [-0.39, 0.29) is 22.8 Å².